The predicted molar refractivity (Wildman–Crippen MR) is 65.6 cm³/mol. The number of nitrogens with zero attached hydrogens (tertiary/aromatic N) is 2. The van der Waals surface area contributed by atoms with E-state index in [1.165, 1.54) is 34.9 Å². The van der Waals surface area contributed by atoms with Crippen LogP contribution in [0.3, 0.4) is 0 Å². The Labute approximate surface area is 111 Å². The van der Waals surface area contributed by atoms with E-state index in [2.05, 4.69) is 4.98 Å². The summed E-state index contributed by atoms with van der Waals surface area (Å²) < 4.78 is 52.0. The van der Waals surface area contributed by atoms with E-state index in [0.717, 1.165) is 12.1 Å². The fourth-order valence-electron chi connectivity index (χ4n) is 1.93. The maximum Gasteiger partial charge on any atom is 0.416 e. The van der Waals surface area contributed by atoms with Crippen LogP contribution in [0.4, 0.5) is 17.6 Å². The monoisotopic (exact) mass is 280 g/mol. The second kappa shape index (κ2) is 4.33. The van der Waals surface area contributed by atoms with Crippen LogP contribution in [0.15, 0.2) is 48.8 Å². The van der Waals surface area contributed by atoms with Crippen molar-refractivity contribution in [1.29, 1.82) is 0 Å². The molecule has 0 saturated heterocycles. The second-order valence-electron chi connectivity index (χ2n) is 4.31. The normalized spacial score (nSPS) is 12.0. The molecule has 0 aliphatic carbocycles. The van der Waals surface area contributed by atoms with Crippen molar-refractivity contribution in [3.63, 3.8) is 0 Å². The molecule has 2 heterocycles. The Kier molecular flexibility index (Phi) is 2.74. The van der Waals surface area contributed by atoms with Gasteiger partial charge in [0.2, 0.25) is 0 Å². The number of aromatic nitrogens is 2. The molecular weight excluding hydrogens is 272 g/mol. The topological polar surface area (TPSA) is 17.3 Å². The zero-order chi connectivity index (χ0) is 14.3. The van der Waals surface area contributed by atoms with Crippen molar-refractivity contribution in [2.45, 2.75) is 6.18 Å². The van der Waals surface area contributed by atoms with Crippen LogP contribution < -0.4 is 0 Å². The molecule has 0 atom stereocenters. The highest BCUT2D eigenvalue weighted by Crippen LogP contribution is 2.30. The van der Waals surface area contributed by atoms with E-state index >= 15 is 0 Å². The molecule has 2 aromatic heterocycles. The molecular formula is C14H8F4N2. The number of rotatable bonds is 1. The molecule has 6 heteroatoms. The van der Waals surface area contributed by atoms with Gasteiger partial charge in [0, 0.05) is 18.0 Å². The van der Waals surface area contributed by atoms with Crippen LogP contribution in [-0.2, 0) is 6.18 Å². The summed E-state index contributed by atoms with van der Waals surface area (Å²) in [6.45, 7) is 0. The van der Waals surface area contributed by atoms with Crippen molar-refractivity contribution in [2.75, 3.05) is 0 Å². The van der Waals surface area contributed by atoms with Gasteiger partial charge in [-0.3, -0.25) is 0 Å². The number of hydrogen-bond donors (Lipinski definition) is 0. The van der Waals surface area contributed by atoms with E-state index in [0.29, 0.717) is 16.9 Å². The molecule has 0 aliphatic rings. The molecule has 3 aromatic rings. The molecule has 0 saturated carbocycles. The summed E-state index contributed by atoms with van der Waals surface area (Å²) in [4.78, 5) is 4.23. The molecule has 0 amide bonds. The van der Waals surface area contributed by atoms with Gasteiger partial charge < -0.3 is 4.40 Å². The lowest BCUT2D eigenvalue weighted by Crippen LogP contribution is -2.03. The highest BCUT2D eigenvalue weighted by atomic mass is 19.4. The lowest BCUT2D eigenvalue weighted by Gasteiger charge is -2.06. The number of halogens is 4. The molecule has 0 aliphatic heterocycles. The predicted octanol–water partition coefficient (Wildman–Crippen LogP) is 4.16. The minimum absolute atomic E-state index is 0.408. The van der Waals surface area contributed by atoms with Crippen LogP contribution in [-0.4, -0.2) is 9.38 Å². The van der Waals surface area contributed by atoms with Gasteiger partial charge in [-0.05, 0) is 24.3 Å². The Hall–Kier alpha value is -2.37. The van der Waals surface area contributed by atoms with E-state index in [1.54, 1.807) is 6.20 Å². The quantitative estimate of drug-likeness (QED) is 0.612. The van der Waals surface area contributed by atoms with Crippen LogP contribution in [0.2, 0.25) is 0 Å². The molecule has 0 radical (unpaired) electrons. The van der Waals surface area contributed by atoms with Gasteiger partial charge in [0.1, 0.15) is 11.5 Å². The van der Waals surface area contributed by atoms with Crippen LogP contribution in [0, 0.1) is 5.82 Å². The molecule has 20 heavy (non-hydrogen) atoms. The summed E-state index contributed by atoms with van der Waals surface area (Å²) in [5.74, 6) is -0.408. The fraction of sp³-hybridized carbons (Fsp3) is 0.0714. The maximum absolute atomic E-state index is 13.1. The Morgan fingerprint density at radius 3 is 2.25 bits per heavy atom. The highest BCUT2D eigenvalue weighted by molar-refractivity contribution is 5.62. The molecule has 0 unspecified atom stereocenters. The molecule has 0 fully saturated rings. The number of fused-ring (bicyclic) bond motifs is 1. The summed E-state index contributed by atoms with van der Waals surface area (Å²) in [6.07, 6.45) is -1.53. The zero-order valence-electron chi connectivity index (χ0n) is 10.0. The van der Waals surface area contributed by atoms with Crippen molar-refractivity contribution in [3.8, 4) is 11.3 Å². The average molecular weight is 280 g/mol. The van der Waals surface area contributed by atoms with Gasteiger partial charge >= 0.3 is 6.18 Å². The number of benzene rings is 1. The third-order valence-electron chi connectivity index (χ3n) is 2.92. The fourth-order valence-corrected chi connectivity index (χ4v) is 1.93. The highest BCUT2D eigenvalue weighted by Gasteiger charge is 2.30. The molecule has 102 valence electrons. The first-order chi connectivity index (χ1) is 9.43. The largest absolute Gasteiger partial charge is 0.416 e. The van der Waals surface area contributed by atoms with E-state index < -0.39 is 17.6 Å². The maximum atomic E-state index is 13.1. The van der Waals surface area contributed by atoms with Gasteiger partial charge in [0.05, 0.1) is 11.3 Å². The molecule has 3 rings (SSSR count). The van der Waals surface area contributed by atoms with Gasteiger partial charge in [-0.25, -0.2) is 9.37 Å². The number of pyridine rings is 1. The van der Waals surface area contributed by atoms with Crippen LogP contribution >= 0.6 is 0 Å². The summed E-state index contributed by atoms with van der Waals surface area (Å²) in [5.41, 5.74) is 0.851. The van der Waals surface area contributed by atoms with Crippen molar-refractivity contribution in [1.82, 2.24) is 9.38 Å². The van der Waals surface area contributed by atoms with E-state index in [9.17, 15) is 17.6 Å². The Morgan fingerprint density at radius 1 is 0.900 bits per heavy atom. The van der Waals surface area contributed by atoms with Gasteiger partial charge in [-0.2, -0.15) is 13.2 Å². The SMILES string of the molecule is Fc1ccc2nc(-c3ccc(C(F)(F)F)cc3)cn2c1. The van der Waals surface area contributed by atoms with Crippen molar-refractivity contribution < 1.29 is 17.6 Å². The van der Waals surface area contributed by atoms with Gasteiger partial charge in [0.15, 0.2) is 0 Å². The Balaban J connectivity index is 2.02. The van der Waals surface area contributed by atoms with E-state index in [4.69, 9.17) is 0 Å². The third kappa shape index (κ3) is 2.24. The molecule has 0 spiro atoms. The summed E-state index contributed by atoms with van der Waals surface area (Å²) in [5, 5.41) is 0. The number of imidazole rings is 1. The summed E-state index contributed by atoms with van der Waals surface area (Å²) in [7, 11) is 0. The van der Waals surface area contributed by atoms with Crippen molar-refractivity contribution in [3.05, 3.63) is 60.2 Å². The van der Waals surface area contributed by atoms with E-state index in [1.807, 2.05) is 0 Å². The molecule has 0 bridgehead atoms. The summed E-state index contributed by atoms with van der Waals surface area (Å²) >= 11 is 0. The first-order valence-electron chi connectivity index (χ1n) is 5.75. The van der Waals surface area contributed by atoms with Gasteiger partial charge in [-0.1, -0.05) is 12.1 Å². The van der Waals surface area contributed by atoms with Crippen LogP contribution in [0.1, 0.15) is 5.56 Å². The van der Waals surface area contributed by atoms with Crippen LogP contribution in [0.25, 0.3) is 16.9 Å². The third-order valence-corrected chi connectivity index (χ3v) is 2.92. The standard InChI is InChI=1S/C14H8F4N2/c15-11-5-6-13-19-12(8-20(13)7-11)9-1-3-10(4-2-9)14(16,17)18/h1-8H. The zero-order valence-corrected chi connectivity index (χ0v) is 10.0. The first-order valence-corrected chi connectivity index (χ1v) is 5.75. The Bertz CT molecular complexity index is 757. The minimum atomic E-state index is -4.36. The molecule has 1 aromatic carbocycles. The number of alkyl halides is 3. The molecule has 2 nitrogen and oxygen atoms in total. The van der Waals surface area contributed by atoms with Crippen molar-refractivity contribution >= 4 is 5.65 Å². The minimum Gasteiger partial charge on any atom is -0.304 e. The van der Waals surface area contributed by atoms with Gasteiger partial charge in [-0.15, -0.1) is 0 Å². The second-order valence-corrected chi connectivity index (χ2v) is 4.31. The summed E-state index contributed by atoms with van der Waals surface area (Å²) in [6, 6.07) is 7.48. The lowest BCUT2D eigenvalue weighted by atomic mass is 10.1. The van der Waals surface area contributed by atoms with Crippen LogP contribution in [0.5, 0.6) is 0 Å². The van der Waals surface area contributed by atoms with Gasteiger partial charge in [0.25, 0.3) is 0 Å². The van der Waals surface area contributed by atoms with Crippen molar-refractivity contribution in [2.24, 2.45) is 0 Å². The lowest BCUT2D eigenvalue weighted by molar-refractivity contribution is -0.137. The molecule has 0 N–H and O–H groups in total. The smallest absolute Gasteiger partial charge is 0.304 e. The van der Waals surface area contributed by atoms with E-state index in [-0.39, 0.29) is 0 Å². The first kappa shape index (κ1) is 12.7. The number of hydrogen-bond acceptors (Lipinski definition) is 1. The average Bonchev–Trinajstić information content (AvgIpc) is 2.80. The Morgan fingerprint density at radius 2 is 1.60 bits per heavy atom.